The highest BCUT2D eigenvalue weighted by Crippen LogP contribution is 2.24. The molecule has 0 aliphatic carbocycles. The van der Waals surface area contributed by atoms with Gasteiger partial charge < -0.3 is 0 Å². The molecule has 0 aliphatic rings. The molecular weight excluding hydrogens is 312 g/mol. The van der Waals surface area contributed by atoms with E-state index < -0.39 is 0 Å². The van der Waals surface area contributed by atoms with Crippen LogP contribution < -0.4 is 0 Å². The Balaban J connectivity index is 2.52. The summed E-state index contributed by atoms with van der Waals surface area (Å²) < 4.78 is 2.78. The van der Waals surface area contributed by atoms with Gasteiger partial charge in [0.05, 0.1) is 16.9 Å². The van der Waals surface area contributed by atoms with Gasteiger partial charge in [0.15, 0.2) is 0 Å². The molecular formula is C9H7ClIN3. The Labute approximate surface area is 100 Å². The van der Waals surface area contributed by atoms with E-state index in [0.29, 0.717) is 5.02 Å². The number of hydrogen-bond donors (Lipinski definition) is 0. The fourth-order valence-electron chi connectivity index (χ4n) is 1.17. The molecule has 2 rings (SSSR count). The van der Waals surface area contributed by atoms with Crippen LogP contribution >= 0.6 is 34.2 Å². The van der Waals surface area contributed by atoms with Crippen molar-refractivity contribution in [2.45, 2.75) is 0 Å². The van der Waals surface area contributed by atoms with Crippen LogP contribution in [0.2, 0.25) is 5.02 Å². The second kappa shape index (κ2) is 3.86. The van der Waals surface area contributed by atoms with Gasteiger partial charge in [0.2, 0.25) is 0 Å². The van der Waals surface area contributed by atoms with Crippen LogP contribution in [0.25, 0.3) is 11.3 Å². The number of nitrogens with zero attached hydrogens (tertiary/aromatic N) is 3. The zero-order valence-electron chi connectivity index (χ0n) is 7.41. The van der Waals surface area contributed by atoms with Crippen LogP contribution in [0, 0.1) is 3.57 Å². The van der Waals surface area contributed by atoms with Crippen LogP contribution in [0.1, 0.15) is 0 Å². The summed E-state index contributed by atoms with van der Waals surface area (Å²) in [6.45, 7) is 0. The fraction of sp³-hybridized carbons (Fsp3) is 0.111. The van der Waals surface area contributed by atoms with Crippen molar-refractivity contribution in [1.82, 2.24) is 14.8 Å². The minimum atomic E-state index is 0.655. The Morgan fingerprint density at radius 2 is 2.21 bits per heavy atom. The van der Waals surface area contributed by atoms with E-state index in [0.717, 1.165) is 14.8 Å². The summed E-state index contributed by atoms with van der Waals surface area (Å²) in [5.74, 6) is 0. The lowest BCUT2D eigenvalue weighted by atomic mass is 10.2. The first-order valence-corrected chi connectivity index (χ1v) is 5.42. The van der Waals surface area contributed by atoms with Gasteiger partial charge >= 0.3 is 0 Å². The second-order valence-corrected chi connectivity index (χ2v) is 4.49. The first kappa shape index (κ1) is 9.92. The molecule has 0 amide bonds. The van der Waals surface area contributed by atoms with Crippen molar-refractivity contribution in [2.24, 2.45) is 7.05 Å². The Hall–Kier alpha value is -0.620. The molecule has 2 aromatic rings. The van der Waals surface area contributed by atoms with Gasteiger partial charge in [-0.25, -0.2) is 0 Å². The second-order valence-electron chi connectivity index (χ2n) is 2.89. The quantitative estimate of drug-likeness (QED) is 0.757. The predicted octanol–water partition coefficient (Wildman–Crippen LogP) is 2.74. The number of rotatable bonds is 1. The van der Waals surface area contributed by atoms with Crippen molar-refractivity contribution in [1.29, 1.82) is 0 Å². The zero-order chi connectivity index (χ0) is 10.1. The third-order valence-corrected chi connectivity index (χ3v) is 2.82. The molecule has 0 N–H and O–H groups in total. The van der Waals surface area contributed by atoms with Crippen LogP contribution in [0.5, 0.6) is 0 Å². The van der Waals surface area contributed by atoms with E-state index in [2.05, 4.69) is 32.7 Å². The van der Waals surface area contributed by atoms with Crippen LogP contribution in [-0.4, -0.2) is 14.8 Å². The maximum atomic E-state index is 5.82. The van der Waals surface area contributed by atoms with Gasteiger partial charge in [-0.15, -0.1) is 0 Å². The van der Waals surface area contributed by atoms with Gasteiger partial charge in [0.25, 0.3) is 0 Å². The van der Waals surface area contributed by atoms with E-state index in [-0.39, 0.29) is 0 Å². The molecule has 72 valence electrons. The van der Waals surface area contributed by atoms with E-state index in [4.69, 9.17) is 11.6 Å². The van der Waals surface area contributed by atoms with Gasteiger partial charge in [-0.1, -0.05) is 11.6 Å². The van der Waals surface area contributed by atoms with Crippen molar-refractivity contribution < 1.29 is 0 Å². The monoisotopic (exact) mass is 319 g/mol. The van der Waals surface area contributed by atoms with Gasteiger partial charge in [0, 0.05) is 28.6 Å². The Bertz CT molecular complexity index is 467. The Morgan fingerprint density at radius 1 is 1.43 bits per heavy atom. The normalized spacial score (nSPS) is 10.5. The summed E-state index contributed by atoms with van der Waals surface area (Å²) >= 11 is 8.04. The Morgan fingerprint density at radius 3 is 2.79 bits per heavy atom. The van der Waals surface area contributed by atoms with E-state index in [1.807, 2.05) is 19.3 Å². The third-order valence-electron chi connectivity index (χ3n) is 1.79. The van der Waals surface area contributed by atoms with Crippen molar-refractivity contribution in [3.8, 4) is 11.3 Å². The van der Waals surface area contributed by atoms with Crippen molar-refractivity contribution in [3.05, 3.63) is 33.2 Å². The average molecular weight is 320 g/mol. The zero-order valence-corrected chi connectivity index (χ0v) is 10.3. The molecule has 0 saturated heterocycles. The molecule has 0 radical (unpaired) electrons. The highest BCUT2D eigenvalue weighted by Gasteiger charge is 2.06. The standard InChI is InChI=1S/C9H7ClIN3/c1-14-5-6(3-13-14)9-8(11)2-7(10)4-12-9/h2-5H,1H3. The number of hydrogen-bond acceptors (Lipinski definition) is 2. The van der Waals surface area contributed by atoms with Crippen molar-refractivity contribution in [3.63, 3.8) is 0 Å². The lowest BCUT2D eigenvalue weighted by Crippen LogP contribution is -1.87. The van der Waals surface area contributed by atoms with Crippen molar-refractivity contribution in [2.75, 3.05) is 0 Å². The molecule has 0 unspecified atom stereocenters. The molecule has 2 aromatic heterocycles. The molecule has 0 aromatic carbocycles. The lowest BCUT2D eigenvalue weighted by Gasteiger charge is -1.99. The minimum Gasteiger partial charge on any atom is -0.275 e. The van der Waals surface area contributed by atoms with Crippen LogP contribution in [-0.2, 0) is 7.05 Å². The summed E-state index contributed by atoms with van der Waals surface area (Å²) in [6.07, 6.45) is 5.36. The first-order chi connectivity index (χ1) is 6.66. The molecule has 3 nitrogen and oxygen atoms in total. The summed E-state index contributed by atoms with van der Waals surface area (Å²) in [5.41, 5.74) is 1.93. The Kier molecular flexibility index (Phi) is 2.73. The van der Waals surface area contributed by atoms with Crippen LogP contribution in [0.4, 0.5) is 0 Å². The molecule has 14 heavy (non-hydrogen) atoms. The van der Waals surface area contributed by atoms with Crippen molar-refractivity contribution >= 4 is 34.2 Å². The molecule has 2 heterocycles. The number of aromatic nitrogens is 3. The van der Waals surface area contributed by atoms with Gasteiger partial charge in [0.1, 0.15) is 0 Å². The molecule has 0 fully saturated rings. The number of aryl methyl sites for hydroxylation is 1. The SMILES string of the molecule is Cn1cc(-c2ncc(Cl)cc2I)cn1. The molecule has 0 atom stereocenters. The van der Waals surface area contributed by atoms with Crippen LogP contribution in [0.15, 0.2) is 24.7 Å². The summed E-state index contributed by atoms with van der Waals surface area (Å²) in [7, 11) is 1.88. The van der Waals surface area contributed by atoms with E-state index in [1.165, 1.54) is 0 Å². The maximum Gasteiger partial charge on any atom is 0.0867 e. The smallest absolute Gasteiger partial charge is 0.0867 e. The number of pyridine rings is 1. The summed E-state index contributed by atoms with van der Waals surface area (Å²) in [5, 5.41) is 4.75. The first-order valence-electron chi connectivity index (χ1n) is 3.97. The maximum absolute atomic E-state index is 5.82. The van der Waals surface area contributed by atoms with Gasteiger partial charge in [-0.05, 0) is 28.7 Å². The summed E-state index contributed by atoms with van der Waals surface area (Å²) in [6, 6.07) is 1.89. The number of halogens is 2. The molecule has 5 heteroatoms. The highest BCUT2D eigenvalue weighted by molar-refractivity contribution is 14.1. The summed E-state index contributed by atoms with van der Waals surface area (Å²) in [4.78, 5) is 4.27. The van der Waals surface area contributed by atoms with Gasteiger partial charge in [-0.2, -0.15) is 5.10 Å². The van der Waals surface area contributed by atoms with E-state index in [1.54, 1.807) is 17.1 Å². The molecule has 0 saturated carbocycles. The largest absolute Gasteiger partial charge is 0.275 e. The van der Waals surface area contributed by atoms with Gasteiger partial charge in [-0.3, -0.25) is 9.67 Å². The minimum absolute atomic E-state index is 0.655. The van der Waals surface area contributed by atoms with E-state index >= 15 is 0 Å². The van der Waals surface area contributed by atoms with Crippen LogP contribution in [0.3, 0.4) is 0 Å². The average Bonchev–Trinajstić information content (AvgIpc) is 2.51. The van der Waals surface area contributed by atoms with E-state index in [9.17, 15) is 0 Å². The topological polar surface area (TPSA) is 30.7 Å². The molecule has 0 spiro atoms. The lowest BCUT2D eigenvalue weighted by molar-refractivity contribution is 0.768. The fourth-order valence-corrected chi connectivity index (χ4v) is 2.30. The highest BCUT2D eigenvalue weighted by atomic mass is 127. The molecule has 0 bridgehead atoms. The third kappa shape index (κ3) is 1.90. The predicted molar refractivity (Wildman–Crippen MR) is 64.2 cm³/mol. The molecule has 0 aliphatic heterocycles.